The van der Waals surface area contributed by atoms with Gasteiger partial charge in [0.1, 0.15) is 54.9 Å². The van der Waals surface area contributed by atoms with Crippen molar-refractivity contribution in [2.45, 2.75) is 98.9 Å². The number of H-pyrrole nitrogens is 2. The molecule has 63 heavy (non-hydrogen) atoms. The number of aliphatic hydroxyl groups is 10. The molecular weight excluding hydrogens is 876 g/mol. The molecule has 4 aliphatic heterocycles. The average Bonchev–Trinajstić information content (AvgIpc) is 3.81. The largest absolute Gasteiger partial charge is 0.479 e. The van der Waals surface area contributed by atoms with Crippen LogP contribution in [-0.2, 0) is 35.2 Å². The van der Waals surface area contributed by atoms with Gasteiger partial charge in [0.15, 0.2) is 41.0 Å². The SMILES string of the molecule is CC(=O)C1(N)C=CN([C@@H]2O[C@H](CO)[C@@H](O)[C@H]2O)C(=O)N1.CONCc1cn([C@@H]2O[C@H](CO)[C@@H](O)[C@H]2O)c(=S)[nH]c1=O.O=C(O)C(O)c1cn([C@@H]2O[C@H](CO)[C@@H](O)[C@H]2O)c(=O)[nH]c1=O. The monoisotopic (exact) mass is 924 g/mol. The zero-order valence-corrected chi connectivity index (χ0v) is 33.8. The van der Waals surface area contributed by atoms with Crippen molar-refractivity contribution in [3.05, 3.63) is 71.8 Å². The molecule has 352 valence electrons. The molecule has 0 aromatic carbocycles. The standard InChI is InChI=1S/C11H17N3O6S.C11H17N3O6.C11H14N2O9/c1-19-12-2-5-3-14(11(21)13-9(5)18)10-8(17)7(16)6(4-15)20-10;1-5(16)11(12)2-3-14(10(19)13-11)9-8(18)7(17)6(4-15)20-9;14-2-4-6(16)7(17)9(22-4)13-1-3(5(15)10(19)20)8(18)12-11(13)21/h3,6-8,10,12,15-17H,2,4H2,1H3,(H,13,18,21);2-3,6-9,15,17-18H,4,12H2,1H3,(H,13,19);1,4-7,9,14-17H,2H2,(H,19,20)(H,12,18,21)/t6-,7-,8-,10-;6-,7-,8-,9-,11?;4-,5?,6-,7-,9-/m111/s1. The number of nitrogens with zero attached hydrogens (tertiary/aromatic N) is 3. The molecular formula is C33H48N8O21S. The molecule has 0 aliphatic carbocycles. The Hall–Kier alpha value is -4.71. The summed E-state index contributed by atoms with van der Waals surface area (Å²) in [6.07, 6.45) is -12.6. The number of carboxylic acids is 1. The van der Waals surface area contributed by atoms with E-state index in [0.29, 0.717) is 10.1 Å². The molecule has 17 N–H and O–H groups in total. The van der Waals surface area contributed by atoms with E-state index < -0.39 is 145 Å². The highest BCUT2D eigenvalue weighted by Gasteiger charge is 2.49. The quantitative estimate of drug-likeness (QED) is 0.0694. The van der Waals surface area contributed by atoms with Crippen LogP contribution in [-0.4, -0.2) is 192 Å². The van der Waals surface area contributed by atoms with E-state index in [4.69, 9.17) is 52.6 Å². The fourth-order valence-corrected chi connectivity index (χ4v) is 6.54. The number of nitrogens with one attached hydrogen (secondary N) is 4. The van der Waals surface area contributed by atoms with Crippen LogP contribution >= 0.6 is 12.2 Å². The Labute approximate surface area is 357 Å². The van der Waals surface area contributed by atoms with Crippen LogP contribution in [0.2, 0.25) is 0 Å². The minimum atomic E-state index is -2.19. The summed E-state index contributed by atoms with van der Waals surface area (Å²) in [6, 6.07) is -0.750. The summed E-state index contributed by atoms with van der Waals surface area (Å²) in [5, 5.41) is 106. The Kier molecular flexibility index (Phi) is 17.2. The van der Waals surface area contributed by atoms with Crippen LogP contribution in [0, 0.1) is 4.77 Å². The number of Topliss-reactive ketones (excluding diaryl/α,β-unsaturated/α-hetero) is 1. The first-order valence-electron chi connectivity index (χ1n) is 18.4. The van der Waals surface area contributed by atoms with Crippen LogP contribution in [0.3, 0.4) is 0 Å². The lowest BCUT2D eigenvalue weighted by molar-refractivity contribution is -0.147. The number of nitrogens with two attached hydrogens (primary N) is 1. The highest BCUT2D eigenvalue weighted by Crippen LogP contribution is 2.30. The molecule has 0 bridgehead atoms. The second kappa shape index (κ2) is 21.3. The van der Waals surface area contributed by atoms with Crippen LogP contribution < -0.4 is 33.3 Å². The van der Waals surface area contributed by atoms with Crippen LogP contribution in [0.4, 0.5) is 4.79 Å². The lowest BCUT2D eigenvalue weighted by atomic mass is 10.1. The molecule has 0 spiro atoms. The Morgan fingerprint density at radius 3 is 1.76 bits per heavy atom. The predicted molar refractivity (Wildman–Crippen MR) is 205 cm³/mol. The van der Waals surface area contributed by atoms with Gasteiger partial charge in [-0.25, -0.2) is 14.4 Å². The van der Waals surface area contributed by atoms with Crippen molar-refractivity contribution in [1.29, 1.82) is 0 Å². The number of hydrogen-bond acceptors (Lipinski definition) is 23. The Bertz CT molecular complexity index is 2220. The zero-order chi connectivity index (χ0) is 47.2. The Balaban J connectivity index is 0.000000208. The van der Waals surface area contributed by atoms with E-state index in [-0.39, 0.29) is 11.3 Å². The van der Waals surface area contributed by atoms with Crippen LogP contribution in [0.1, 0.15) is 36.6 Å². The maximum absolute atomic E-state index is 11.9. The number of carboxylic acid groups (broad SMARTS) is 1. The number of aliphatic hydroxyl groups excluding tert-OH is 10. The maximum atomic E-state index is 11.9. The molecule has 29 nitrogen and oxygen atoms in total. The number of ether oxygens (including phenoxy) is 3. The summed E-state index contributed by atoms with van der Waals surface area (Å²) in [5.41, 5.74) is 3.71. The van der Waals surface area contributed by atoms with Crippen molar-refractivity contribution in [3.63, 3.8) is 0 Å². The number of aliphatic carboxylic acids is 1. The number of aromatic amines is 2. The third kappa shape index (κ3) is 11.0. The van der Waals surface area contributed by atoms with E-state index in [0.717, 1.165) is 11.1 Å². The van der Waals surface area contributed by atoms with E-state index in [2.05, 4.69) is 20.6 Å². The molecule has 30 heteroatoms. The third-order valence-electron chi connectivity index (χ3n) is 9.98. The van der Waals surface area contributed by atoms with Crippen molar-refractivity contribution in [2.24, 2.45) is 5.73 Å². The van der Waals surface area contributed by atoms with E-state index in [9.17, 15) is 64.5 Å². The van der Waals surface area contributed by atoms with Gasteiger partial charge in [-0.15, -0.1) is 0 Å². The van der Waals surface area contributed by atoms with Crippen molar-refractivity contribution >= 4 is 30.0 Å². The summed E-state index contributed by atoms with van der Waals surface area (Å²) in [4.78, 5) is 79.0. The van der Waals surface area contributed by atoms with Gasteiger partial charge >= 0.3 is 17.7 Å². The van der Waals surface area contributed by atoms with Crippen molar-refractivity contribution in [1.82, 2.24) is 34.8 Å². The summed E-state index contributed by atoms with van der Waals surface area (Å²) in [6.45, 7) is -0.216. The van der Waals surface area contributed by atoms with Gasteiger partial charge in [0.2, 0.25) is 0 Å². The van der Waals surface area contributed by atoms with Gasteiger partial charge in [-0.3, -0.25) is 44.1 Å². The van der Waals surface area contributed by atoms with E-state index in [1.54, 1.807) is 4.98 Å². The summed E-state index contributed by atoms with van der Waals surface area (Å²) < 4.78 is 17.7. The molecule has 6 rings (SSSR count). The first-order chi connectivity index (χ1) is 29.6. The van der Waals surface area contributed by atoms with Gasteiger partial charge in [0.05, 0.1) is 39.0 Å². The fourth-order valence-electron chi connectivity index (χ4n) is 6.29. The molecule has 0 saturated carbocycles. The Morgan fingerprint density at radius 2 is 1.32 bits per heavy atom. The molecule has 14 atom stereocenters. The number of hydrogen-bond donors (Lipinski definition) is 16. The minimum absolute atomic E-state index is 0.0380. The molecule has 3 saturated heterocycles. The second-order valence-electron chi connectivity index (χ2n) is 14.1. The molecule has 6 heterocycles. The van der Waals surface area contributed by atoms with Gasteiger partial charge in [-0.2, -0.15) is 5.48 Å². The average molecular weight is 925 g/mol. The smallest absolute Gasteiger partial charge is 0.337 e. The normalized spacial score (nSPS) is 32.9. The van der Waals surface area contributed by atoms with Crippen molar-refractivity contribution in [3.8, 4) is 0 Å². The van der Waals surface area contributed by atoms with Gasteiger partial charge in [-0.1, -0.05) is 0 Å². The highest BCUT2D eigenvalue weighted by atomic mass is 32.1. The third-order valence-corrected chi connectivity index (χ3v) is 10.3. The molecule has 2 amide bonds. The predicted octanol–water partition coefficient (Wildman–Crippen LogP) is -8.36. The maximum Gasteiger partial charge on any atom is 0.337 e. The summed E-state index contributed by atoms with van der Waals surface area (Å²) in [5.74, 6) is -2.17. The minimum Gasteiger partial charge on any atom is -0.479 e. The number of carbonyl (C=O) groups excluding carboxylic acids is 2. The topological polar surface area (TPSA) is 457 Å². The van der Waals surface area contributed by atoms with Gasteiger partial charge in [0, 0.05) is 24.2 Å². The van der Waals surface area contributed by atoms with Crippen LogP contribution in [0.15, 0.2) is 39.1 Å². The molecule has 4 aliphatic rings. The Morgan fingerprint density at radius 1 is 0.825 bits per heavy atom. The second-order valence-corrected chi connectivity index (χ2v) is 14.5. The van der Waals surface area contributed by atoms with Gasteiger partial charge < -0.3 is 80.5 Å². The lowest BCUT2D eigenvalue weighted by Gasteiger charge is -2.36. The van der Waals surface area contributed by atoms with Crippen molar-refractivity contribution in [2.75, 3.05) is 26.9 Å². The summed E-state index contributed by atoms with van der Waals surface area (Å²) in [7, 11) is 1.41. The molecule has 2 unspecified atom stereocenters. The van der Waals surface area contributed by atoms with E-state index >= 15 is 0 Å². The molecule has 2 aromatic heterocycles. The number of hydroxylamine groups is 1. The van der Waals surface area contributed by atoms with E-state index in [1.165, 1.54) is 37.1 Å². The van der Waals surface area contributed by atoms with Crippen LogP contribution in [0.25, 0.3) is 0 Å². The summed E-state index contributed by atoms with van der Waals surface area (Å²) >= 11 is 5.04. The first-order valence-corrected chi connectivity index (χ1v) is 18.8. The number of carbonyl (C=O) groups is 3. The lowest BCUT2D eigenvalue weighted by Crippen LogP contribution is -2.65. The van der Waals surface area contributed by atoms with Gasteiger partial charge in [0.25, 0.3) is 11.1 Å². The number of amides is 2. The fraction of sp³-hybridized carbons (Fsp3) is 0.606. The first kappa shape index (κ1) is 50.9. The number of rotatable bonds is 12. The number of urea groups is 1. The zero-order valence-electron chi connectivity index (χ0n) is 33.0. The van der Waals surface area contributed by atoms with Crippen LogP contribution in [0.5, 0.6) is 0 Å². The number of aromatic nitrogens is 4. The highest BCUT2D eigenvalue weighted by molar-refractivity contribution is 7.71. The molecule has 3 fully saturated rings. The van der Waals surface area contributed by atoms with E-state index in [1.807, 2.05) is 0 Å². The molecule has 2 aromatic rings. The number of ketones is 1. The molecule has 0 radical (unpaired) electrons. The van der Waals surface area contributed by atoms with Gasteiger partial charge in [-0.05, 0) is 25.2 Å². The van der Waals surface area contributed by atoms with Crippen molar-refractivity contribution < 1.29 is 89.6 Å².